The van der Waals surface area contributed by atoms with Crippen molar-refractivity contribution in [3.05, 3.63) is 35.4 Å². The van der Waals surface area contributed by atoms with Crippen molar-refractivity contribution in [1.82, 2.24) is 15.1 Å². The van der Waals surface area contributed by atoms with Gasteiger partial charge in [-0.15, -0.1) is 0 Å². The molecule has 5 heteroatoms. The molecule has 1 atom stereocenters. The fraction of sp³-hybridized carbons (Fsp3) is 0.619. The Morgan fingerprint density at radius 3 is 2.69 bits per heavy atom. The summed E-state index contributed by atoms with van der Waals surface area (Å²) in [5.41, 5.74) is 2.38. The van der Waals surface area contributed by atoms with E-state index in [0.29, 0.717) is 13.1 Å². The van der Waals surface area contributed by atoms with E-state index in [4.69, 9.17) is 0 Å². The first-order valence-corrected chi connectivity index (χ1v) is 9.81. The summed E-state index contributed by atoms with van der Waals surface area (Å²) in [5, 5.41) is 3.16. The van der Waals surface area contributed by atoms with Gasteiger partial charge in [0.25, 0.3) is 0 Å². The third-order valence-electron chi connectivity index (χ3n) is 4.96. The number of carbonyl (C=O) groups is 2. The minimum atomic E-state index is -0.0288. The number of nitrogens with zero attached hydrogens (tertiary/aromatic N) is 2. The van der Waals surface area contributed by atoms with Crippen molar-refractivity contribution in [1.29, 1.82) is 0 Å². The number of amides is 3. The number of benzene rings is 1. The second-order valence-electron chi connectivity index (χ2n) is 7.58. The van der Waals surface area contributed by atoms with E-state index in [9.17, 15) is 9.59 Å². The fourth-order valence-electron chi connectivity index (χ4n) is 3.44. The average molecular weight is 360 g/mol. The van der Waals surface area contributed by atoms with E-state index in [2.05, 4.69) is 31.3 Å². The van der Waals surface area contributed by atoms with E-state index in [1.54, 1.807) is 0 Å². The number of carbonyl (C=O) groups excluding carboxylic acids is 2. The highest BCUT2D eigenvalue weighted by molar-refractivity contribution is 5.78. The van der Waals surface area contributed by atoms with Gasteiger partial charge in [-0.1, -0.05) is 45.0 Å². The molecule has 1 saturated heterocycles. The predicted octanol–water partition coefficient (Wildman–Crippen LogP) is 3.56. The van der Waals surface area contributed by atoms with Crippen molar-refractivity contribution in [3.63, 3.8) is 0 Å². The first-order chi connectivity index (χ1) is 12.4. The molecule has 1 aliphatic heterocycles. The maximum atomic E-state index is 12.8. The summed E-state index contributed by atoms with van der Waals surface area (Å²) >= 11 is 0. The highest BCUT2D eigenvalue weighted by atomic mass is 16.2. The molecule has 5 nitrogen and oxygen atoms in total. The third-order valence-corrected chi connectivity index (χ3v) is 4.96. The van der Waals surface area contributed by atoms with Crippen LogP contribution in [0.25, 0.3) is 0 Å². The first-order valence-electron chi connectivity index (χ1n) is 9.81. The Morgan fingerprint density at radius 1 is 1.31 bits per heavy atom. The Balaban J connectivity index is 1.98. The zero-order valence-corrected chi connectivity index (χ0v) is 16.6. The summed E-state index contributed by atoms with van der Waals surface area (Å²) in [6.45, 7) is 10.8. The zero-order chi connectivity index (χ0) is 19.1. The summed E-state index contributed by atoms with van der Waals surface area (Å²) in [6.07, 6.45) is 2.79. The molecule has 26 heavy (non-hydrogen) atoms. The molecule has 0 bridgehead atoms. The lowest BCUT2D eigenvalue weighted by Gasteiger charge is -2.35. The van der Waals surface area contributed by atoms with Gasteiger partial charge < -0.3 is 15.1 Å². The van der Waals surface area contributed by atoms with Gasteiger partial charge in [0.2, 0.25) is 5.91 Å². The highest BCUT2D eigenvalue weighted by Crippen LogP contribution is 2.15. The summed E-state index contributed by atoms with van der Waals surface area (Å²) in [5.74, 6) is 0.177. The molecule has 3 amide bonds. The van der Waals surface area contributed by atoms with Crippen LogP contribution in [0.4, 0.5) is 4.79 Å². The quantitative estimate of drug-likeness (QED) is 0.844. The van der Waals surface area contributed by atoms with Crippen LogP contribution in [0.5, 0.6) is 0 Å². The van der Waals surface area contributed by atoms with Crippen molar-refractivity contribution in [3.8, 4) is 0 Å². The summed E-state index contributed by atoms with van der Waals surface area (Å²) in [6, 6.07) is 8.20. The Morgan fingerprint density at radius 2 is 2.04 bits per heavy atom. The molecule has 144 valence electrons. The number of aryl methyl sites for hydroxylation is 1. The topological polar surface area (TPSA) is 52.7 Å². The molecular formula is C21H33N3O2. The predicted molar refractivity (Wildman–Crippen MR) is 105 cm³/mol. The number of hydrogen-bond acceptors (Lipinski definition) is 2. The van der Waals surface area contributed by atoms with Crippen LogP contribution in [0.15, 0.2) is 24.3 Å². The molecular weight excluding hydrogens is 326 g/mol. The van der Waals surface area contributed by atoms with Gasteiger partial charge in [0.1, 0.15) is 0 Å². The monoisotopic (exact) mass is 359 g/mol. The average Bonchev–Trinajstić information content (AvgIpc) is 2.62. The number of nitrogens with one attached hydrogen (secondary N) is 1. The van der Waals surface area contributed by atoms with Crippen LogP contribution < -0.4 is 5.32 Å². The van der Waals surface area contributed by atoms with Crippen LogP contribution in [0.2, 0.25) is 0 Å². The van der Waals surface area contributed by atoms with E-state index >= 15 is 0 Å². The minimum absolute atomic E-state index is 0.00194. The summed E-state index contributed by atoms with van der Waals surface area (Å²) < 4.78 is 0. The molecule has 1 aromatic carbocycles. The van der Waals surface area contributed by atoms with Gasteiger partial charge >= 0.3 is 6.03 Å². The molecule has 2 rings (SSSR count). The molecule has 1 fully saturated rings. The van der Waals surface area contributed by atoms with Gasteiger partial charge in [-0.05, 0) is 37.3 Å². The van der Waals surface area contributed by atoms with Crippen LogP contribution in [0.1, 0.15) is 51.2 Å². The number of urea groups is 1. The Bertz CT molecular complexity index is 615. The summed E-state index contributed by atoms with van der Waals surface area (Å²) in [4.78, 5) is 28.9. The number of rotatable bonds is 6. The molecule has 0 radical (unpaired) electrons. The van der Waals surface area contributed by atoms with Crippen LogP contribution in [0.3, 0.4) is 0 Å². The van der Waals surface area contributed by atoms with Gasteiger partial charge in [-0.25, -0.2) is 4.79 Å². The van der Waals surface area contributed by atoms with E-state index in [0.717, 1.165) is 32.4 Å². The lowest BCUT2D eigenvalue weighted by atomic mass is 10.0. The Hall–Kier alpha value is -2.04. The number of hydrogen-bond donors (Lipinski definition) is 1. The molecule has 0 aromatic heterocycles. The maximum Gasteiger partial charge on any atom is 0.317 e. The van der Waals surface area contributed by atoms with Crippen LogP contribution in [-0.2, 0) is 11.3 Å². The van der Waals surface area contributed by atoms with E-state index in [-0.39, 0.29) is 23.9 Å². The van der Waals surface area contributed by atoms with Gasteiger partial charge in [-0.3, -0.25) is 4.79 Å². The maximum absolute atomic E-state index is 12.8. The van der Waals surface area contributed by atoms with E-state index < -0.39 is 0 Å². The van der Waals surface area contributed by atoms with Crippen LogP contribution >= 0.6 is 0 Å². The molecule has 1 aliphatic rings. The number of piperidine rings is 1. The van der Waals surface area contributed by atoms with Crippen LogP contribution in [-0.4, -0.2) is 47.4 Å². The van der Waals surface area contributed by atoms with Gasteiger partial charge in [0.05, 0.1) is 0 Å². The van der Waals surface area contributed by atoms with Crippen molar-refractivity contribution in [2.24, 2.45) is 5.92 Å². The molecule has 0 aliphatic carbocycles. The smallest absolute Gasteiger partial charge is 0.317 e. The van der Waals surface area contributed by atoms with Crippen molar-refractivity contribution in [2.75, 3.05) is 19.6 Å². The van der Waals surface area contributed by atoms with Gasteiger partial charge in [0.15, 0.2) is 0 Å². The normalized spacial score (nSPS) is 17.3. The highest BCUT2D eigenvalue weighted by Gasteiger charge is 2.27. The zero-order valence-electron chi connectivity index (χ0n) is 16.6. The molecule has 0 spiro atoms. The van der Waals surface area contributed by atoms with Gasteiger partial charge in [-0.2, -0.15) is 0 Å². The van der Waals surface area contributed by atoms with E-state index in [1.807, 2.05) is 35.8 Å². The van der Waals surface area contributed by atoms with Crippen molar-refractivity contribution in [2.45, 2.75) is 59.5 Å². The second-order valence-corrected chi connectivity index (χ2v) is 7.58. The largest absolute Gasteiger partial charge is 0.340 e. The number of likely N-dealkylation sites (tertiary alicyclic amines) is 1. The van der Waals surface area contributed by atoms with Crippen molar-refractivity contribution < 1.29 is 9.59 Å². The van der Waals surface area contributed by atoms with Gasteiger partial charge in [0, 0.05) is 38.1 Å². The molecule has 1 heterocycles. The molecule has 1 aromatic rings. The van der Waals surface area contributed by atoms with Crippen LogP contribution in [0, 0.1) is 12.8 Å². The van der Waals surface area contributed by atoms with Crippen molar-refractivity contribution >= 4 is 11.9 Å². The second kappa shape index (κ2) is 9.60. The first kappa shape index (κ1) is 20.3. The lowest BCUT2D eigenvalue weighted by Crippen LogP contribution is -2.53. The summed E-state index contributed by atoms with van der Waals surface area (Å²) in [7, 11) is 0. The minimum Gasteiger partial charge on any atom is -0.340 e. The third kappa shape index (κ3) is 5.48. The Kier molecular flexibility index (Phi) is 7.49. The SMILES string of the molecule is CCCN(Cc1ccccc1C)C(=O)N[C@@H]1CCCN(C(=O)C(C)C)C1. The lowest BCUT2D eigenvalue weighted by molar-refractivity contribution is -0.135. The standard InChI is InChI=1S/C21H33N3O2/c1-5-12-24(14-18-10-7-6-9-17(18)4)21(26)22-19-11-8-13-23(15-19)20(25)16(2)3/h6-7,9-10,16,19H,5,8,11-15H2,1-4H3,(H,22,26)/t19-/m1/s1. The molecule has 0 saturated carbocycles. The fourth-order valence-corrected chi connectivity index (χ4v) is 3.44. The molecule has 0 unspecified atom stereocenters. The van der Waals surface area contributed by atoms with E-state index in [1.165, 1.54) is 11.1 Å². The Labute approximate surface area is 157 Å². The molecule has 1 N–H and O–H groups in total.